The molecular formula is C19H27NO3. The molecule has 3 fully saturated rings. The smallest absolute Gasteiger partial charge is 0.139 e. The Balaban J connectivity index is 1.80. The molecule has 0 heterocycles. The second kappa shape index (κ2) is 4.92. The molecule has 0 aromatic carbocycles. The van der Waals surface area contributed by atoms with Crippen molar-refractivity contribution >= 4 is 11.5 Å². The number of allylic oxidation sites excluding steroid dienone is 1. The van der Waals surface area contributed by atoms with Crippen LogP contribution in [0.5, 0.6) is 0 Å². The zero-order valence-electron chi connectivity index (χ0n) is 14.1. The summed E-state index contributed by atoms with van der Waals surface area (Å²) in [5, 5.41) is 23.3. The summed E-state index contributed by atoms with van der Waals surface area (Å²) in [6.07, 6.45) is 7.90. The molecule has 4 aliphatic rings. The number of nitrogens with zero attached hydrogens (tertiary/aromatic N) is 1. The van der Waals surface area contributed by atoms with E-state index in [2.05, 4.69) is 19.0 Å². The highest BCUT2D eigenvalue weighted by Crippen LogP contribution is 2.63. The first-order valence-corrected chi connectivity index (χ1v) is 9.04. The molecule has 4 nitrogen and oxygen atoms in total. The topological polar surface area (TPSA) is 69.9 Å². The predicted molar refractivity (Wildman–Crippen MR) is 87.3 cm³/mol. The number of fused-ring (bicyclic) bond motifs is 5. The average Bonchev–Trinajstić information content (AvgIpc) is 2.83. The van der Waals surface area contributed by atoms with E-state index >= 15 is 0 Å². The lowest BCUT2D eigenvalue weighted by Crippen LogP contribution is -2.53. The van der Waals surface area contributed by atoms with Crippen LogP contribution in [0.25, 0.3) is 0 Å². The van der Waals surface area contributed by atoms with Gasteiger partial charge in [-0.05, 0) is 61.9 Å². The number of aliphatic hydroxyl groups is 1. The van der Waals surface area contributed by atoms with Crippen LogP contribution in [-0.4, -0.2) is 27.9 Å². The predicted octanol–water partition coefficient (Wildman–Crippen LogP) is 3.32. The Hall–Kier alpha value is -1.16. The molecule has 4 heteroatoms. The molecule has 0 aromatic heterocycles. The maximum atomic E-state index is 12.5. The number of rotatable bonds is 0. The summed E-state index contributed by atoms with van der Waals surface area (Å²) in [7, 11) is 0. The minimum atomic E-state index is -0.271. The molecule has 3 saturated carbocycles. The fraction of sp³-hybridized carbons (Fsp3) is 0.789. The summed E-state index contributed by atoms with van der Waals surface area (Å²) < 4.78 is 0. The zero-order valence-corrected chi connectivity index (χ0v) is 14.1. The van der Waals surface area contributed by atoms with Crippen LogP contribution in [0.4, 0.5) is 0 Å². The lowest BCUT2D eigenvalue weighted by atomic mass is 9.47. The number of hydrogen-bond acceptors (Lipinski definition) is 4. The van der Waals surface area contributed by atoms with Crippen molar-refractivity contribution in [1.82, 2.24) is 0 Å². The van der Waals surface area contributed by atoms with Crippen molar-refractivity contribution in [2.45, 2.75) is 64.9 Å². The minimum Gasteiger partial charge on any atom is -0.411 e. The molecule has 0 spiro atoms. The molecular weight excluding hydrogens is 290 g/mol. The van der Waals surface area contributed by atoms with Crippen molar-refractivity contribution in [2.24, 2.45) is 33.7 Å². The summed E-state index contributed by atoms with van der Waals surface area (Å²) in [6.45, 7) is 4.46. The second-order valence-corrected chi connectivity index (χ2v) is 8.67. The molecule has 0 aromatic rings. The molecule has 0 amide bonds. The monoisotopic (exact) mass is 317 g/mol. The molecule has 0 saturated heterocycles. The summed E-state index contributed by atoms with van der Waals surface area (Å²) in [6, 6.07) is 0. The molecule has 0 bridgehead atoms. The number of carbonyl (C=O) groups is 1. The normalized spacial score (nSPS) is 51.0. The van der Waals surface area contributed by atoms with E-state index in [-0.39, 0.29) is 22.9 Å². The van der Waals surface area contributed by atoms with Crippen molar-refractivity contribution in [1.29, 1.82) is 0 Å². The maximum Gasteiger partial charge on any atom is 0.139 e. The van der Waals surface area contributed by atoms with Crippen molar-refractivity contribution in [2.75, 3.05) is 0 Å². The van der Waals surface area contributed by atoms with Crippen molar-refractivity contribution in [3.05, 3.63) is 11.6 Å². The van der Waals surface area contributed by atoms with E-state index in [9.17, 15) is 15.1 Å². The highest BCUT2D eigenvalue weighted by Gasteiger charge is 2.60. The van der Waals surface area contributed by atoms with Gasteiger partial charge in [-0.2, -0.15) is 0 Å². The number of hydrogen-bond donors (Lipinski definition) is 2. The van der Waals surface area contributed by atoms with Gasteiger partial charge in [-0.1, -0.05) is 24.6 Å². The second-order valence-electron chi connectivity index (χ2n) is 8.67. The van der Waals surface area contributed by atoms with E-state index in [1.165, 1.54) is 5.57 Å². The first-order valence-electron chi connectivity index (χ1n) is 9.04. The summed E-state index contributed by atoms with van der Waals surface area (Å²) >= 11 is 0. The first-order chi connectivity index (χ1) is 10.9. The van der Waals surface area contributed by atoms with Crippen LogP contribution in [-0.2, 0) is 4.79 Å². The lowest BCUT2D eigenvalue weighted by Gasteiger charge is -2.56. The Morgan fingerprint density at radius 2 is 1.83 bits per heavy atom. The van der Waals surface area contributed by atoms with Gasteiger partial charge in [0.05, 0.1) is 11.8 Å². The van der Waals surface area contributed by atoms with Crippen LogP contribution >= 0.6 is 0 Å². The van der Waals surface area contributed by atoms with Crippen LogP contribution < -0.4 is 0 Å². The van der Waals surface area contributed by atoms with Gasteiger partial charge in [-0.25, -0.2) is 0 Å². The number of Topliss-reactive ketones (excluding diaryl/α,β-unsaturated/α-hetero) is 1. The van der Waals surface area contributed by atoms with E-state index in [1.54, 1.807) is 0 Å². The van der Waals surface area contributed by atoms with Crippen LogP contribution in [0.2, 0.25) is 0 Å². The fourth-order valence-electron chi connectivity index (χ4n) is 6.27. The summed E-state index contributed by atoms with van der Waals surface area (Å²) in [5.74, 6) is 1.33. The quantitative estimate of drug-likeness (QED) is 0.532. The van der Waals surface area contributed by atoms with E-state index in [1.807, 2.05) is 6.08 Å². The molecule has 6 atom stereocenters. The minimum absolute atomic E-state index is 0.0883. The Labute approximate surface area is 137 Å². The van der Waals surface area contributed by atoms with Crippen LogP contribution in [0.15, 0.2) is 16.8 Å². The number of oxime groups is 1. The summed E-state index contributed by atoms with van der Waals surface area (Å²) in [4.78, 5) is 12.5. The van der Waals surface area contributed by atoms with Crippen molar-refractivity contribution < 1.29 is 15.1 Å². The van der Waals surface area contributed by atoms with Gasteiger partial charge in [-0.15, -0.1) is 0 Å². The molecule has 23 heavy (non-hydrogen) atoms. The highest BCUT2D eigenvalue weighted by atomic mass is 16.4. The van der Waals surface area contributed by atoms with Gasteiger partial charge in [-0.3, -0.25) is 4.79 Å². The van der Waals surface area contributed by atoms with Crippen molar-refractivity contribution in [3.8, 4) is 0 Å². The Morgan fingerprint density at radius 1 is 1.13 bits per heavy atom. The third-order valence-corrected chi connectivity index (χ3v) is 7.76. The molecule has 126 valence electrons. The number of aliphatic hydroxyl groups excluding tert-OH is 1. The van der Waals surface area contributed by atoms with E-state index in [0.29, 0.717) is 30.5 Å². The lowest BCUT2D eigenvalue weighted by molar-refractivity contribution is -0.130. The van der Waals surface area contributed by atoms with Gasteiger partial charge in [0, 0.05) is 17.8 Å². The Bertz CT molecular complexity index is 610. The number of carbonyl (C=O) groups excluding carboxylic acids is 1. The fourth-order valence-corrected chi connectivity index (χ4v) is 6.27. The number of ketones is 1. The van der Waals surface area contributed by atoms with Gasteiger partial charge in [0.25, 0.3) is 0 Å². The molecule has 0 radical (unpaired) electrons. The maximum absolute atomic E-state index is 12.5. The zero-order chi connectivity index (χ0) is 16.4. The van der Waals surface area contributed by atoms with Crippen LogP contribution in [0.3, 0.4) is 0 Å². The summed E-state index contributed by atoms with van der Waals surface area (Å²) in [5.41, 5.74) is 1.86. The van der Waals surface area contributed by atoms with Gasteiger partial charge >= 0.3 is 0 Å². The van der Waals surface area contributed by atoms with E-state index < -0.39 is 0 Å². The van der Waals surface area contributed by atoms with Gasteiger partial charge in [0.1, 0.15) is 5.78 Å². The average molecular weight is 317 g/mol. The molecule has 3 unspecified atom stereocenters. The van der Waals surface area contributed by atoms with E-state index in [4.69, 9.17) is 0 Å². The van der Waals surface area contributed by atoms with Crippen LogP contribution in [0.1, 0.15) is 58.8 Å². The largest absolute Gasteiger partial charge is 0.411 e. The standard InChI is InChI=1S/C19H27NO3/c1-18-7-5-12(21)9-11(18)10-15(20-23)17-13-3-4-16(22)19(13,2)8-6-14(17)18/h10,12-14,17,21,23H,3-9H2,1-2H3/b20-15+/t12-,13?,14?,17?,18-,19-/m0/s1. The Morgan fingerprint density at radius 3 is 2.57 bits per heavy atom. The molecule has 2 N–H and O–H groups in total. The Kier molecular flexibility index (Phi) is 3.29. The SMILES string of the molecule is C[C@]12CC[C@H](O)CC1=C/C(=N\O)C1C2CC[C@]2(C)C(=O)CCC12. The van der Waals surface area contributed by atoms with Gasteiger partial charge in [0.2, 0.25) is 0 Å². The van der Waals surface area contributed by atoms with E-state index in [0.717, 1.165) is 37.8 Å². The van der Waals surface area contributed by atoms with Gasteiger partial charge in [0.15, 0.2) is 0 Å². The molecule has 0 aliphatic heterocycles. The van der Waals surface area contributed by atoms with Crippen molar-refractivity contribution in [3.63, 3.8) is 0 Å². The van der Waals surface area contributed by atoms with Gasteiger partial charge < -0.3 is 10.3 Å². The first kappa shape index (κ1) is 15.4. The van der Waals surface area contributed by atoms with Crippen LogP contribution in [0, 0.1) is 28.6 Å². The molecule has 4 aliphatic carbocycles. The third-order valence-electron chi connectivity index (χ3n) is 7.76. The third kappa shape index (κ3) is 1.93. The highest BCUT2D eigenvalue weighted by molar-refractivity contribution is 6.00. The molecule has 4 rings (SSSR count).